The molecule has 1 rings (SSSR count). The summed E-state index contributed by atoms with van der Waals surface area (Å²) in [5.74, 6) is 0.0756. The second-order valence-electron chi connectivity index (χ2n) is 5.18. The van der Waals surface area contributed by atoms with Crippen LogP contribution in [0.1, 0.15) is 46.0 Å². The molecule has 0 aliphatic heterocycles. The maximum absolute atomic E-state index is 10.5. The molecule has 0 aliphatic carbocycles. The number of carboxylic acids is 1. The molecule has 0 unspecified atom stereocenters. The SMILES string of the molecule is CC(C)CCCCCCn1ccnc1SCC(=O)O. The Morgan fingerprint density at radius 1 is 1.37 bits per heavy atom. The highest BCUT2D eigenvalue weighted by molar-refractivity contribution is 7.99. The van der Waals surface area contributed by atoms with Gasteiger partial charge in [0.25, 0.3) is 0 Å². The lowest BCUT2D eigenvalue weighted by Gasteiger charge is -2.07. The van der Waals surface area contributed by atoms with Gasteiger partial charge in [-0.05, 0) is 12.3 Å². The van der Waals surface area contributed by atoms with Gasteiger partial charge in [-0.3, -0.25) is 4.79 Å². The minimum absolute atomic E-state index is 0.0748. The smallest absolute Gasteiger partial charge is 0.313 e. The van der Waals surface area contributed by atoms with E-state index < -0.39 is 5.97 Å². The lowest BCUT2D eigenvalue weighted by Crippen LogP contribution is -2.03. The Kier molecular flexibility index (Phi) is 7.63. The van der Waals surface area contributed by atoms with Gasteiger partial charge in [-0.2, -0.15) is 0 Å². The molecule has 1 aromatic rings. The molecule has 0 fully saturated rings. The lowest BCUT2D eigenvalue weighted by atomic mass is 10.0. The van der Waals surface area contributed by atoms with Crippen LogP contribution in [-0.2, 0) is 11.3 Å². The van der Waals surface area contributed by atoms with Crippen LogP contribution in [0.3, 0.4) is 0 Å². The van der Waals surface area contributed by atoms with Crippen LogP contribution in [0.15, 0.2) is 17.6 Å². The van der Waals surface area contributed by atoms with Crippen molar-refractivity contribution < 1.29 is 9.90 Å². The Bertz CT molecular complexity index is 377. The zero-order valence-corrected chi connectivity index (χ0v) is 12.7. The van der Waals surface area contributed by atoms with E-state index in [0.29, 0.717) is 0 Å². The van der Waals surface area contributed by atoms with Crippen molar-refractivity contribution in [2.75, 3.05) is 5.75 Å². The van der Waals surface area contributed by atoms with Gasteiger partial charge in [-0.15, -0.1) is 0 Å². The predicted octanol–water partition coefficient (Wildman–Crippen LogP) is 3.67. The first-order valence-electron chi connectivity index (χ1n) is 6.95. The summed E-state index contributed by atoms with van der Waals surface area (Å²) >= 11 is 1.29. The van der Waals surface area contributed by atoms with Crippen LogP contribution in [0.5, 0.6) is 0 Å². The number of rotatable bonds is 10. The number of thioether (sulfide) groups is 1. The van der Waals surface area contributed by atoms with Gasteiger partial charge in [0, 0.05) is 18.9 Å². The molecule has 0 saturated carbocycles. The van der Waals surface area contributed by atoms with Gasteiger partial charge in [0.15, 0.2) is 5.16 Å². The number of aliphatic carboxylic acids is 1. The van der Waals surface area contributed by atoms with E-state index in [1.165, 1.54) is 37.4 Å². The maximum atomic E-state index is 10.5. The highest BCUT2D eigenvalue weighted by atomic mass is 32.2. The molecular weight excluding hydrogens is 260 g/mol. The van der Waals surface area contributed by atoms with Gasteiger partial charge in [0.2, 0.25) is 0 Å². The molecular formula is C14H24N2O2S. The number of unbranched alkanes of at least 4 members (excludes halogenated alkanes) is 3. The average molecular weight is 284 g/mol. The molecule has 108 valence electrons. The van der Waals surface area contributed by atoms with Crippen molar-refractivity contribution in [1.29, 1.82) is 0 Å². The van der Waals surface area contributed by atoms with Crippen molar-refractivity contribution in [3.63, 3.8) is 0 Å². The van der Waals surface area contributed by atoms with Gasteiger partial charge in [-0.1, -0.05) is 51.3 Å². The van der Waals surface area contributed by atoms with Gasteiger partial charge in [0.1, 0.15) is 0 Å². The molecule has 1 heterocycles. The molecule has 0 atom stereocenters. The molecule has 1 aromatic heterocycles. The second kappa shape index (κ2) is 9.02. The molecule has 0 aromatic carbocycles. The minimum atomic E-state index is -0.798. The van der Waals surface area contributed by atoms with E-state index in [1.807, 2.05) is 6.20 Å². The van der Waals surface area contributed by atoms with E-state index in [9.17, 15) is 4.79 Å². The molecule has 0 amide bonds. The molecule has 0 bridgehead atoms. The van der Waals surface area contributed by atoms with Gasteiger partial charge >= 0.3 is 5.97 Å². The first-order valence-corrected chi connectivity index (χ1v) is 7.94. The van der Waals surface area contributed by atoms with Crippen LogP contribution in [0, 0.1) is 5.92 Å². The number of aromatic nitrogens is 2. The summed E-state index contributed by atoms with van der Waals surface area (Å²) < 4.78 is 2.05. The first kappa shape index (κ1) is 16.1. The Labute approximate surface area is 119 Å². The normalized spacial score (nSPS) is 11.1. The minimum Gasteiger partial charge on any atom is -0.481 e. The third-order valence-electron chi connectivity index (χ3n) is 2.93. The van der Waals surface area contributed by atoms with E-state index in [1.54, 1.807) is 6.20 Å². The molecule has 4 nitrogen and oxygen atoms in total. The standard InChI is InChI=1S/C14H24N2O2S/c1-12(2)7-5-3-4-6-9-16-10-8-15-14(16)19-11-13(17)18/h8,10,12H,3-7,9,11H2,1-2H3,(H,17,18). The Morgan fingerprint density at radius 2 is 2.11 bits per heavy atom. The fourth-order valence-corrected chi connectivity index (χ4v) is 2.63. The zero-order chi connectivity index (χ0) is 14.1. The lowest BCUT2D eigenvalue weighted by molar-refractivity contribution is -0.133. The quantitative estimate of drug-likeness (QED) is 0.526. The third kappa shape index (κ3) is 7.25. The fourth-order valence-electron chi connectivity index (χ4n) is 1.92. The van der Waals surface area contributed by atoms with Crippen LogP contribution in [-0.4, -0.2) is 26.4 Å². The molecule has 0 aliphatic rings. The topological polar surface area (TPSA) is 55.1 Å². The summed E-state index contributed by atoms with van der Waals surface area (Å²) in [7, 11) is 0. The second-order valence-corrected chi connectivity index (χ2v) is 6.12. The highest BCUT2D eigenvalue weighted by Crippen LogP contribution is 2.17. The summed E-state index contributed by atoms with van der Waals surface area (Å²) in [4.78, 5) is 14.7. The number of carbonyl (C=O) groups is 1. The van der Waals surface area contributed by atoms with Crippen LogP contribution < -0.4 is 0 Å². The van der Waals surface area contributed by atoms with Crippen molar-refractivity contribution >= 4 is 17.7 Å². The predicted molar refractivity (Wildman–Crippen MR) is 78.5 cm³/mol. The van der Waals surface area contributed by atoms with Crippen molar-refractivity contribution in [2.24, 2.45) is 5.92 Å². The first-order chi connectivity index (χ1) is 9.09. The monoisotopic (exact) mass is 284 g/mol. The molecule has 19 heavy (non-hydrogen) atoms. The van der Waals surface area contributed by atoms with Crippen LogP contribution in [0.4, 0.5) is 0 Å². The molecule has 5 heteroatoms. The molecule has 0 saturated heterocycles. The largest absolute Gasteiger partial charge is 0.481 e. The van der Waals surface area contributed by atoms with Crippen molar-refractivity contribution in [2.45, 2.75) is 57.7 Å². The third-order valence-corrected chi connectivity index (χ3v) is 3.92. The molecule has 0 spiro atoms. The maximum Gasteiger partial charge on any atom is 0.313 e. The number of hydrogen-bond acceptors (Lipinski definition) is 3. The van der Waals surface area contributed by atoms with E-state index in [4.69, 9.17) is 5.11 Å². The van der Waals surface area contributed by atoms with Crippen LogP contribution >= 0.6 is 11.8 Å². The number of aryl methyl sites for hydroxylation is 1. The summed E-state index contributed by atoms with van der Waals surface area (Å²) in [5.41, 5.74) is 0. The van der Waals surface area contributed by atoms with E-state index >= 15 is 0 Å². The van der Waals surface area contributed by atoms with Crippen LogP contribution in [0.25, 0.3) is 0 Å². The van der Waals surface area contributed by atoms with Gasteiger partial charge in [-0.25, -0.2) is 4.98 Å². The number of nitrogens with zero attached hydrogens (tertiary/aromatic N) is 2. The zero-order valence-electron chi connectivity index (χ0n) is 11.8. The Hall–Kier alpha value is -0.970. The fraction of sp³-hybridized carbons (Fsp3) is 0.714. The van der Waals surface area contributed by atoms with E-state index in [2.05, 4.69) is 23.4 Å². The van der Waals surface area contributed by atoms with Crippen LogP contribution in [0.2, 0.25) is 0 Å². The highest BCUT2D eigenvalue weighted by Gasteiger charge is 2.06. The van der Waals surface area contributed by atoms with Crippen molar-refractivity contribution in [1.82, 2.24) is 9.55 Å². The Balaban J connectivity index is 2.18. The summed E-state index contributed by atoms with van der Waals surface area (Å²) in [6, 6.07) is 0. The number of imidazole rings is 1. The van der Waals surface area contributed by atoms with Crippen molar-refractivity contribution in [3.05, 3.63) is 12.4 Å². The summed E-state index contributed by atoms with van der Waals surface area (Å²) in [6.45, 7) is 5.46. The van der Waals surface area contributed by atoms with E-state index in [-0.39, 0.29) is 5.75 Å². The number of hydrogen-bond donors (Lipinski definition) is 1. The molecule has 0 radical (unpaired) electrons. The van der Waals surface area contributed by atoms with Crippen molar-refractivity contribution in [3.8, 4) is 0 Å². The summed E-state index contributed by atoms with van der Waals surface area (Å²) in [6.07, 6.45) is 9.93. The average Bonchev–Trinajstić information content (AvgIpc) is 2.78. The van der Waals surface area contributed by atoms with E-state index in [0.717, 1.165) is 24.0 Å². The molecule has 1 N–H and O–H groups in total. The Morgan fingerprint density at radius 3 is 2.79 bits per heavy atom. The summed E-state index contributed by atoms with van der Waals surface area (Å²) in [5, 5.41) is 9.47. The number of carboxylic acid groups (broad SMARTS) is 1. The van der Waals surface area contributed by atoms with Gasteiger partial charge in [0.05, 0.1) is 5.75 Å². The van der Waals surface area contributed by atoms with Gasteiger partial charge < -0.3 is 9.67 Å².